The van der Waals surface area contributed by atoms with Gasteiger partial charge >= 0.3 is 0 Å². The number of carbonyl (C=O) groups excluding carboxylic acids is 1. The Kier molecular flexibility index (Phi) is 3.44. The van der Waals surface area contributed by atoms with E-state index in [-0.39, 0.29) is 17.8 Å². The zero-order valence-corrected chi connectivity index (χ0v) is 11.3. The fraction of sp³-hybridized carbons (Fsp3) is 0.400. The van der Waals surface area contributed by atoms with Gasteiger partial charge in [0.1, 0.15) is 17.2 Å². The van der Waals surface area contributed by atoms with Crippen LogP contribution in [-0.4, -0.2) is 18.5 Å². The van der Waals surface area contributed by atoms with Gasteiger partial charge < -0.3 is 15.1 Å². The van der Waals surface area contributed by atoms with Gasteiger partial charge in [-0.3, -0.25) is 4.79 Å². The van der Waals surface area contributed by atoms with Crippen molar-refractivity contribution in [1.29, 1.82) is 0 Å². The largest absolute Gasteiger partial charge is 0.459 e. The Labute approximate surface area is 116 Å². The molecule has 0 spiro atoms. The normalized spacial score (nSPS) is 18.6. The van der Waals surface area contributed by atoms with Gasteiger partial charge in [0, 0.05) is 10.9 Å². The van der Waals surface area contributed by atoms with Crippen molar-refractivity contribution in [3.8, 4) is 0 Å². The average Bonchev–Trinajstić information content (AvgIpc) is 3.06. The summed E-state index contributed by atoms with van der Waals surface area (Å²) in [7, 11) is 0. The molecule has 5 heteroatoms. The van der Waals surface area contributed by atoms with E-state index in [0.29, 0.717) is 17.9 Å². The topological polar surface area (TPSA) is 54.3 Å². The van der Waals surface area contributed by atoms with Gasteiger partial charge in [0.2, 0.25) is 5.91 Å². The molecular formula is C15H17FN2O2. The van der Waals surface area contributed by atoms with Crippen LogP contribution in [0.15, 0.2) is 22.6 Å². The molecule has 2 heterocycles. The molecule has 1 atom stereocenters. The van der Waals surface area contributed by atoms with Crippen LogP contribution in [0.3, 0.4) is 0 Å². The molecule has 4 nitrogen and oxygen atoms in total. The number of benzene rings is 1. The fourth-order valence-electron chi connectivity index (χ4n) is 2.61. The SMILES string of the molecule is Cc1c(CNC(=O)C2CCCN2)oc2ccc(F)cc12. The third-order valence-corrected chi connectivity index (χ3v) is 3.80. The Bertz CT molecular complexity index is 645. The summed E-state index contributed by atoms with van der Waals surface area (Å²) in [5, 5.41) is 6.78. The van der Waals surface area contributed by atoms with Crippen LogP contribution in [0.4, 0.5) is 4.39 Å². The molecule has 3 rings (SSSR count). The molecule has 106 valence electrons. The number of carbonyl (C=O) groups is 1. The maximum atomic E-state index is 13.2. The van der Waals surface area contributed by atoms with Crippen molar-refractivity contribution in [2.75, 3.05) is 6.54 Å². The van der Waals surface area contributed by atoms with Gasteiger partial charge in [-0.05, 0) is 44.5 Å². The van der Waals surface area contributed by atoms with E-state index >= 15 is 0 Å². The number of hydrogen-bond donors (Lipinski definition) is 2. The second-order valence-corrected chi connectivity index (χ2v) is 5.16. The van der Waals surface area contributed by atoms with Crippen molar-refractivity contribution in [3.63, 3.8) is 0 Å². The first kappa shape index (κ1) is 13.1. The predicted molar refractivity (Wildman–Crippen MR) is 73.8 cm³/mol. The standard InChI is InChI=1S/C15H17FN2O2/c1-9-11-7-10(16)4-5-13(11)20-14(9)8-18-15(19)12-3-2-6-17-12/h4-5,7,12,17H,2-3,6,8H2,1H3,(H,18,19). The molecule has 1 aliphatic heterocycles. The van der Waals surface area contributed by atoms with Gasteiger partial charge in [-0.25, -0.2) is 4.39 Å². The van der Waals surface area contributed by atoms with Crippen molar-refractivity contribution in [1.82, 2.24) is 10.6 Å². The van der Waals surface area contributed by atoms with Gasteiger partial charge in [0.25, 0.3) is 0 Å². The summed E-state index contributed by atoms with van der Waals surface area (Å²) in [6, 6.07) is 4.34. The van der Waals surface area contributed by atoms with Gasteiger partial charge in [-0.2, -0.15) is 0 Å². The Morgan fingerprint density at radius 1 is 1.55 bits per heavy atom. The fourth-order valence-corrected chi connectivity index (χ4v) is 2.61. The summed E-state index contributed by atoms with van der Waals surface area (Å²) in [6.07, 6.45) is 1.90. The van der Waals surface area contributed by atoms with E-state index in [1.165, 1.54) is 12.1 Å². The van der Waals surface area contributed by atoms with Crippen molar-refractivity contribution >= 4 is 16.9 Å². The van der Waals surface area contributed by atoms with Crippen LogP contribution in [-0.2, 0) is 11.3 Å². The van der Waals surface area contributed by atoms with Crippen molar-refractivity contribution in [2.45, 2.75) is 32.4 Å². The Balaban J connectivity index is 1.74. The first-order chi connectivity index (χ1) is 9.65. The van der Waals surface area contributed by atoms with E-state index in [1.54, 1.807) is 6.07 Å². The van der Waals surface area contributed by atoms with E-state index in [1.807, 2.05) is 6.92 Å². The van der Waals surface area contributed by atoms with Gasteiger partial charge in [-0.15, -0.1) is 0 Å². The summed E-state index contributed by atoms with van der Waals surface area (Å²) < 4.78 is 18.9. The lowest BCUT2D eigenvalue weighted by Crippen LogP contribution is -2.40. The first-order valence-corrected chi connectivity index (χ1v) is 6.84. The second kappa shape index (κ2) is 5.25. The lowest BCUT2D eigenvalue weighted by molar-refractivity contribution is -0.123. The van der Waals surface area contributed by atoms with E-state index in [0.717, 1.165) is 30.3 Å². The third-order valence-electron chi connectivity index (χ3n) is 3.80. The number of aryl methyl sites for hydroxylation is 1. The van der Waals surface area contributed by atoms with Crippen LogP contribution in [0.2, 0.25) is 0 Å². The maximum absolute atomic E-state index is 13.2. The van der Waals surface area contributed by atoms with Crippen LogP contribution < -0.4 is 10.6 Å². The monoisotopic (exact) mass is 276 g/mol. The molecule has 0 radical (unpaired) electrons. The number of hydrogen-bond acceptors (Lipinski definition) is 3. The second-order valence-electron chi connectivity index (χ2n) is 5.16. The smallest absolute Gasteiger partial charge is 0.237 e. The molecule has 1 aliphatic rings. The Hall–Kier alpha value is -1.88. The molecule has 20 heavy (non-hydrogen) atoms. The van der Waals surface area contributed by atoms with Gasteiger partial charge in [-0.1, -0.05) is 0 Å². The number of nitrogens with one attached hydrogen (secondary N) is 2. The summed E-state index contributed by atoms with van der Waals surface area (Å²) in [5.41, 5.74) is 1.52. The highest BCUT2D eigenvalue weighted by molar-refractivity contribution is 5.83. The number of halogens is 1. The van der Waals surface area contributed by atoms with Gasteiger partial charge in [0.05, 0.1) is 12.6 Å². The maximum Gasteiger partial charge on any atom is 0.237 e. The molecule has 0 aliphatic carbocycles. The van der Waals surface area contributed by atoms with Gasteiger partial charge in [0.15, 0.2) is 0 Å². The van der Waals surface area contributed by atoms with Crippen LogP contribution >= 0.6 is 0 Å². The average molecular weight is 276 g/mol. The molecule has 0 saturated carbocycles. The molecule has 1 fully saturated rings. The van der Waals surface area contributed by atoms with Crippen molar-refractivity contribution in [2.24, 2.45) is 0 Å². The number of amides is 1. The number of rotatable bonds is 3. The molecule has 1 amide bonds. The van der Waals surface area contributed by atoms with Crippen molar-refractivity contribution < 1.29 is 13.6 Å². The molecule has 1 saturated heterocycles. The third kappa shape index (κ3) is 2.41. The minimum absolute atomic E-state index is 0.00598. The van der Waals surface area contributed by atoms with E-state index < -0.39 is 0 Å². The molecule has 1 aromatic carbocycles. The molecular weight excluding hydrogens is 259 g/mol. The summed E-state index contributed by atoms with van der Waals surface area (Å²) in [4.78, 5) is 11.9. The Morgan fingerprint density at radius 3 is 3.15 bits per heavy atom. The minimum atomic E-state index is -0.285. The van der Waals surface area contributed by atoms with Crippen LogP contribution in [0, 0.1) is 12.7 Å². The number of furan rings is 1. The Morgan fingerprint density at radius 2 is 2.40 bits per heavy atom. The molecule has 2 N–H and O–H groups in total. The number of fused-ring (bicyclic) bond motifs is 1. The zero-order chi connectivity index (χ0) is 14.1. The van der Waals surface area contributed by atoms with E-state index in [9.17, 15) is 9.18 Å². The lowest BCUT2D eigenvalue weighted by Gasteiger charge is -2.10. The molecule has 1 aromatic heterocycles. The highest BCUT2D eigenvalue weighted by atomic mass is 19.1. The summed E-state index contributed by atoms with van der Waals surface area (Å²) in [6.45, 7) is 3.10. The summed E-state index contributed by atoms with van der Waals surface area (Å²) in [5.74, 6) is 0.387. The predicted octanol–water partition coefficient (Wildman–Crippen LogP) is 2.25. The zero-order valence-electron chi connectivity index (χ0n) is 11.3. The minimum Gasteiger partial charge on any atom is -0.459 e. The highest BCUT2D eigenvalue weighted by Crippen LogP contribution is 2.25. The first-order valence-electron chi connectivity index (χ1n) is 6.84. The van der Waals surface area contributed by atoms with Crippen molar-refractivity contribution in [3.05, 3.63) is 35.3 Å². The molecule has 0 bridgehead atoms. The van der Waals surface area contributed by atoms with Crippen LogP contribution in [0.25, 0.3) is 11.0 Å². The van der Waals surface area contributed by atoms with E-state index in [2.05, 4.69) is 10.6 Å². The van der Waals surface area contributed by atoms with Crippen LogP contribution in [0.5, 0.6) is 0 Å². The van der Waals surface area contributed by atoms with E-state index in [4.69, 9.17) is 4.42 Å². The summed E-state index contributed by atoms with van der Waals surface area (Å²) >= 11 is 0. The lowest BCUT2D eigenvalue weighted by atomic mass is 10.1. The highest BCUT2D eigenvalue weighted by Gasteiger charge is 2.22. The van der Waals surface area contributed by atoms with Crippen LogP contribution in [0.1, 0.15) is 24.2 Å². The molecule has 2 aromatic rings. The quantitative estimate of drug-likeness (QED) is 0.904. The molecule has 1 unspecified atom stereocenters.